The molecule has 0 aromatic carbocycles. The molecular weight excluding hydrogens is 232 g/mol. The molecule has 16 heavy (non-hydrogen) atoms. The maximum Gasteiger partial charge on any atom is 0.222 e. The van der Waals surface area contributed by atoms with Crippen LogP contribution in [0.2, 0.25) is 5.02 Å². The molecule has 0 radical (unpaired) electrons. The summed E-state index contributed by atoms with van der Waals surface area (Å²) in [4.78, 5) is 9.78. The van der Waals surface area contributed by atoms with Crippen LogP contribution >= 0.6 is 11.6 Å². The Labute approximate surface area is 98.0 Å². The lowest BCUT2D eigenvalue weighted by Crippen LogP contribution is -2.48. The van der Waals surface area contributed by atoms with Gasteiger partial charge in [-0.1, -0.05) is 11.6 Å². The maximum atomic E-state index is 9.24. The molecular formula is C9H13ClN4O2. The van der Waals surface area contributed by atoms with Crippen LogP contribution in [0.1, 0.15) is 0 Å². The Morgan fingerprint density at radius 2 is 2.50 bits per heavy atom. The molecule has 0 bridgehead atoms. The molecule has 1 aliphatic heterocycles. The minimum Gasteiger partial charge on any atom is -0.394 e. The maximum absolute atomic E-state index is 9.24. The van der Waals surface area contributed by atoms with Gasteiger partial charge in [0.15, 0.2) is 5.82 Å². The molecule has 1 aromatic rings. The van der Waals surface area contributed by atoms with E-state index in [1.54, 1.807) is 0 Å². The summed E-state index contributed by atoms with van der Waals surface area (Å²) in [6.07, 6.45) is 1.46. The first-order valence-corrected chi connectivity index (χ1v) is 5.33. The lowest BCUT2D eigenvalue weighted by atomic mass is 10.2. The fourth-order valence-corrected chi connectivity index (χ4v) is 1.86. The topological polar surface area (TPSA) is 84.5 Å². The number of hydrogen-bond acceptors (Lipinski definition) is 6. The largest absolute Gasteiger partial charge is 0.394 e. The minimum atomic E-state index is -0.138. The molecule has 1 aromatic heterocycles. The molecule has 1 saturated heterocycles. The van der Waals surface area contributed by atoms with E-state index >= 15 is 0 Å². The zero-order chi connectivity index (χ0) is 11.5. The minimum absolute atomic E-state index is 0.0137. The normalized spacial score (nSPS) is 21.1. The number of nitrogens with two attached hydrogens (primary N) is 1. The Kier molecular flexibility index (Phi) is 3.42. The Hall–Kier alpha value is -1.11. The molecule has 6 nitrogen and oxygen atoms in total. The average Bonchev–Trinajstić information content (AvgIpc) is 2.32. The Morgan fingerprint density at radius 1 is 1.69 bits per heavy atom. The van der Waals surface area contributed by atoms with Crippen molar-refractivity contribution < 1.29 is 9.84 Å². The Morgan fingerprint density at radius 3 is 3.25 bits per heavy atom. The van der Waals surface area contributed by atoms with Crippen molar-refractivity contribution in [1.82, 2.24) is 9.97 Å². The summed E-state index contributed by atoms with van der Waals surface area (Å²) in [6.45, 7) is 1.65. The quantitative estimate of drug-likeness (QED) is 0.757. The van der Waals surface area contributed by atoms with Crippen molar-refractivity contribution in [2.75, 3.05) is 37.0 Å². The molecule has 0 saturated carbocycles. The van der Waals surface area contributed by atoms with Gasteiger partial charge in [-0.2, -0.15) is 4.98 Å². The van der Waals surface area contributed by atoms with E-state index in [0.717, 1.165) is 0 Å². The molecule has 7 heteroatoms. The van der Waals surface area contributed by atoms with Gasteiger partial charge in [-0.3, -0.25) is 0 Å². The first-order chi connectivity index (χ1) is 7.72. The number of halogens is 1. The first kappa shape index (κ1) is 11.4. The smallest absolute Gasteiger partial charge is 0.222 e. The molecule has 1 unspecified atom stereocenters. The van der Waals surface area contributed by atoms with Gasteiger partial charge in [0.25, 0.3) is 0 Å². The fourth-order valence-electron chi connectivity index (χ4n) is 1.66. The Bertz CT molecular complexity index is 377. The van der Waals surface area contributed by atoms with Crippen LogP contribution in [-0.2, 0) is 4.74 Å². The van der Waals surface area contributed by atoms with Crippen molar-refractivity contribution in [2.24, 2.45) is 0 Å². The number of hydrogen-bond donors (Lipinski definition) is 2. The Balaban J connectivity index is 2.30. The summed E-state index contributed by atoms with van der Waals surface area (Å²) in [5, 5.41) is 9.67. The summed E-state index contributed by atoms with van der Waals surface area (Å²) >= 11 is 6.01. The van der Waals surface area contributed by atoms with Gasteiger partial charge in [0.1, 0.15) is 5.02 Å². The second kappa shape index (κ2) is 4.82. The van der Waals surface area contributed by atoms with Crippen molar-refractivity contribution in [2.45, 2.75) is 6.04 Å². The third-order valence-corrected chi connectivity index (χ3v) is 2.72. The second-order valence-electron chi connectivity index (χ2n) is 3.50. The highest BCUT2D eigenvalue weighted by Gasteiger charge is 2.25. The molecule has 1 fully saturated rings. The van der Waals surface area contributed by atoms with Gasteiger partial charge in [-0.15, -0.1) is 0 Å². The van der Waals surface area contributed by atoms with E-state index < -0.39 is 0 Å². The van der Waals surface area contributed by atoms with Crippen LogP contribution in [0.15, 0.2) is 6.20 Å². The summed E-state index contributed by atoms with van der Waals surface area (Å²) in [7, 11) is 0. The molecule has 2 rings (SSSR count). The van der Waals surface area contributed by atoms with Crippen molar-refractivity contribution in [3.63, 3.8) is 0 Å². The highest BCUT2D eigenvalue weighted by Crippen LogP contribution is 2.25. The van der Waals surface area contributed by atoms with E-state index in [4.69, 9.17) is 22.1 Å². The number of aliphatic hydroxyl groups excluding tert-OH is 1. The lowest BCUT2D eigenvalue weighted by molar-refractivity contribution is 0.0723. The highest BCUT2D eigenvalue weighted by atomic mass is 35.5. The molecule has 0 amide bonds. The van der Waals surface area contributed by atoms with Gasteiger partial charge in [0, 0.05) is 6.54 Å². The van der Waals surface area contributed by atoms with E-state index in [2.05, 4.69) is 9.97 Å². The number of nitrogens with zero attached hydrogens (tertiary/aromatic N) is 3. The van der Waals surface area contributed by atoms with Crippen LogP contribution in [0.4, 0.5) is 11.8 Å². The summed E-state index contributed by atoms with van der Waals surface area (Å²) in [6, 6.07) is -0.138. The highest BCUT2D eigenvalue weighted by molar-refractivity contribution is 6.32. The third-order valence-electron chi connectivity index (χ3n) is 2.45. The molecule has 2 heterocycles. The number of ether oxygens (including phenoxy) is 1. The van der Waals surface area contributed by atoms with Crippen LogP contribution in [0.25, 0.3) is 0 Å². The first-order valence-electron chi connectivity index (χ1n) is 4.95. The van der Waals surface area contributed by atoms with Crippen LogP contribution in [0.3, 0.4) is 0 Å². The summed E-state index contributed by atoms with van der Waals surface area (Å²) in [5.41, 5.74) is 5.52. The van der Waals surface area contributed by atoms with Gasteiger partial charge in [-0.25, -0.2) is 4.98 Å². The standard InChI is InChI=1S/C9H13ClN4O2/c10-7-3-12-9(11)13-8(7)14-1-2-16-5-6(14)4-15/h3,6,15H,1-2,4-5H2,(H2,11,12,13). The number of aromatic nitrogens is 2. The van der Waals surface area contributed by atoms with Gasteiger partial charge in [0.2, 0.25) is 5.95 Å². The number of morpholine rings is 1. The molecule has 88 valence electrons. The monoisotopic (exact) mass is 244 g/mol. The van der Waals surface area contributed by atoms with Gasteiger partial charge >= 0.3 is 0 Å². The summed E-state index contributed by atoms with van der Waals surface area (Å²) < 4.78 is 5.28. The predicted molar refractivity (Wildman–Crippen MR) is 60.5 cm³/mol. The zero-order valence-corrected chi connectivity index (χ0v) is 9.39. The average molecular weight is 245 g/mol. The van der Waals surface area contributed by atoms with Gasteiger partial charge in [0.05, 0.1) is 32.1 Å². The van der Waals surface area contributed by atoms with E-state index in [1.165, 1.54) is 6.20 Å². The van der Waals surface area contributed by atoms with Gasteiger partial charge < -0.3 is 20.5 Å². The molecule has 3 N–H and O–H groups in total. The zero-order valence-electron chi connectivity index (χ0n) is 8.64. The van der Waals surface area contributed by atoms with Gasteiger partial charge in [-0.05, 0) is 0 Å². The van der Waals surface area contributed by atoms with E-state index in [0.29, 0.717) is 30.6 Å². The second-order valence-corrected chi connectivity index (χ2v) is 3.91. The van der Waals surface area contributed by atoms with Crippen LogP contribution in [0, 0.1) is 0 Å². The fraction of sp³-hybridized carbons (Fsp3) is 0.556. The lowest BCUT2D eigenvalue weighted by Gasteiger charge is -2.35. The van der Waals surface area contributed by atoms with Crippen molar-refractivity contribution in [1.29, 1.82) is 0 Å². The SMILES string of the molecule is Nc1ncc(Cl)c(N2CCOCC2CO)n1. The van der Waals surface area contributed by atoms with Crippen LogP contribution in [0.5, 0.6) is 0 Å². The number of aliphatic hydroxyl groups is 1. The third kappa shape index (κ3) is 2.18. The number of nitrogen functional groups attached to an aromatic ring is 1. The van der Waals surface area contributed by atoms with Crippen LogP contribution in [-0.4, -0.2) is 47.5 Å². The van der Waals surface area contributed by atoms with E-state index in [1.807, 2.05) is 4.90 Å². The van der Waals surface area contributed by atoms with E-state index in [9.17, 15) is 5.11 Å². The predicted octanol–water partition coefficient (Wildman–Crippen LogP) is -0.0903. The molecule has 1 atom stereocenters. The van der Waals surface area contributed by atoms with Crippen LogP contribution < -0.4 is 10.6 Å². The number of anilines is 2. The number of rotatable bonds is 2. The van der Waals surface area contributed by atoms with Crippen molar-refractivity contribution in [3.05, 3.63) is 11.2 Å². The van der Waals surface area contributed by atoms with E-state index in [-0.39, 0.29) is 18.6 Å². The molecule has 1 aliphatic rings. The molecule has 0 aliphatic carbocycles. The molecule has 0 spiro atoms. The van der Waals surface area contributed by atoms with Crippen molar-refractivity contribution >= 4 is 23.4 Å². The summed E-state index contributed by atoms with van der Waals surface area (Å²) in [5.74, 6) is 0.721. The van der Waals surface area contributed by atoms with Crippen molar-refractivity contribution in [3.8, 4) is 0 Å².